The van der Waals surface area contributed by atoms with E-state index >= 15 is 0 Å². The quantitative estimate of drug-likeness (QED) is 0.312. The number of aryl methyl sites for hydroxylation is 1. The highest BCUT2D eigenvalue weighted by atomic mass is 16.6. The van der Waals surface area contributed by atoms with Crippen LogP contribution in [0.15, 0.2) is 48.8 Å². The minimum absolute atomic E-state index is 0.0307. The first-order valence-electron chi connectivity index (χ1n) is 10.0. The van der Waals surface area contributed by atoms with Crippen LogP contribution in [0.1, 0.15) is 21.5 Å². The molecular formula is C22H24N6O5. The van der Waals surface area contributed by atoms with E-state index in [9.17, 15) is 14.9 Å². The molecule has 33 heavy (non-hydrogen) atoms. The number of benzene rings is 2. The molecule has 1 aromatic heterocycles. The van der Waals surface area contributed by atoms with Crippen LogP contribution in [-0.4, -0.2) is 41.6 Å². The van der Waals surface area contributed by atoms with Gasteiger partial charge in [0.1, 0.15) is 6.33 Å². The van der Waals surface area contributed by atoms with Crippen molar-refractivity contribution >= 4 is 23.2 Å². The zero-order valence-corrected chi connectivity index (χ0v) is 18.4. The number of nitrogens with zero attached hydrogens (tertiary/aromatic N) is 3. The molecule has 1 heterocycles. The second kappa shape index (κ2) is 10.8. The first kappa shape index (κ1) is 23.3. The van der Waals surface area contributed by atoms with Gasteiger partial charge in [-0.3, -0.25) is 25.8 Å². The SMILES string of the molecule is COc1ccc(CCNc2ncnc(NNC(=O)c3ccccc3C)c2[N+](=O)[O-])cc1OC. The summed E-state index contributed by atoms with van der Waals surface area (Å²) in [4.78, 5) is 31.4. The van der Waals surface area contributed by atoms with Gasteiger partial charge in [0.25, 0.3) is 5.91 Å². The van der Waals surface area contributed by atoms with Gasteiger partial charge < -0.3 is 14.8 Å². The summed E-state index contributed by atoms with van der Waals surface area (Å²) < 4.78 is 10.5. The number of rotatable bonds is 10. The molecule has 0 aliphatic rings. The van der Waals surface area contributed by atoms with E-state index in [4.69, 9.17) is 9.47 Å². The van der Waals surface area contributed by atoms with Crippen molar-refractivity contribution in [3.8, 4) is 11.5 Å². The molecule has 0 bridgehead atoms. The van der Waals surface area contributed by atoms with Crippen molar-refractivity contribution in [3.63, 3.8) is 0 Å². The number of nitro groups is 1. The van der Waals surface area contributed by atoms with E-state index in [1.165, 1.54) is 6.33 Å². The van der Waals surface area contributed by atoms with Crippen molar-refractivity contribution in [2.45, 2.75) is 13.3 Å². The van der Waals surface area contributed by atoms with Crippen LogP contribution in [-0.2, 0) is 6.42 Å². The maximum absolute atomic E-state index is 12.4. The zero-order chi connectivity index (χ0) is 23.8. The summed E-state index contributed by atoms with van der Waals surface area (Å²) in [5.41, 5.74) is 6.76. The molecule has 3 rings (SSSR count). The first-order chi connectivity index (χ1) is 15.9. The zero-order valence-electron chi connectivity index (χ0n) is 18.4. The smallest absolute Gasteiger partial charge is 0.354 e. The largest absolute Gasteiger partial charge is 0.493 e. The van der Waals surface area contributed by atoms with Gasteiger partial charge >= 0.3 is 5.69 Å². The Hall–Kier alpha value is -4.41. The fraction of sp³-hybridized carbons (Fsp3) is 0.227. The van der Waals surface area contributed by atoms with E-state index in [-0.39, 0.29) is 17.3 Å². The molecular weight excluding hydrogens is 428 g/mol. The number of hydrogen-bond donors (Lipinski definition) is 3. The van der Waals surface area contributed by atoms with Crippen molar-refractivity contribution in [3.05, 3.63) is 75.6 Å². The molecule has 0 spiro atoms. The molecule has 3 N–H and O–H groups in total. The van der Waals surface area contributed by atoms with Gasteiger partial charge in [0, 0.05) is 12.1 Å². The lowest BCUT2D eigenvalue weighted by molar-refractivity contribution is -0.383. The van der Waals surface area contributed by atoms with E-state index in [1.807, 2.05) is 18.2 Å². The standard InChI is InChI=1S/C22H24N6O5/c1-14-6-4-5-7-16(14)22(29)27-26-21-19(28(30)31)20(24-13-25-21)23-11-10-15-8-9-17(32-2)18(12-15)33-3/h4-9,12-13H,10-11H2,1-3H3,(H,27,29)(H2,23,24,25,26). The van der Waals surface area contributed by atoms with Crippen LogP contribution >= 0.6 is 0 Å². The number of carbonyl (C=O) groups excluding carboxylic acids is 1. The predicted molar refractivity (Wildman–Crippen MR) is 123 cm³/mol. The highest BCUT2D eigenvalue weighted by Crippen LogP contribution is 2.29. The van der Waals surface area contributed by atoms with Gasteiger partial charge in [-0.15, -0.1) is 0 Å². The highest BCUT2D eigenvalue weighted by Gasteiger charge is 2.23. The average molecular weight is 452 g/mol. The predicted octanol–water partition coefficient (Wildman–Crippen LogP) is 3.12. The first-order valence-corrected chi connectivity index (χ1v) is 10.0. The maximum atomic E-state index is 12.4. The molecule has 11 nitrogen and oxygen atoms in total. The second-order valence-electron chi connectivity index (χ2n) is 6.94. The van der Waals surface area contributed by atoms with Crippen LogP contribution in [0.3, 0.4) is 0 Å². The third-order valence-electron chi connectivity index (χ3n) is 4.84. The molecule has 0 radical (unpaired) electrons. The third kappa shape index (κ3) is 5.64. The van der Waals surface area contributed by atoms with Crippen molar-refractivity contribution < 1.29 is 19.2 Å². The van der Waals surface area contributed by atoms with Crippen LogP contribution in [0.2, 0.25) is 0 Å². The highest BCUT2D eigenvalue weighted by molar-refractivity contribution is 5.96. The van der Waals surface area contributed by atoms with Gasteiger partial charge in [0.05, 0.1) is 19.1 Å². The van der Waals surface area contributed by atoms with Gasteiger partial charge in [-0.1, -0.05) is 24.3 Å². The fourth-order valence-electron chi connectivity index (χ4n) is 3.14. The van der Waals surface area contributed by atoms with Gasteiger partial charge in [-0.2, -0.15) is 0 Å². The minimum Gasteiger partial charge on any atom is -0.493 e. The number of carbonyl (C=O) groups is 1. The Labute approximate surface area is 190 Å². The minimum atomic E-state index is -0.610. The molecule has 0 atom stereocenters. The Morgan fingerprint density at radius 1 is 1.06 bits per heavy atom. The van der Waals surface area contributed by atoms with E-state index in [0.717, 1.165) is 11.1 Å². The van der Waals surface area contributed by atoms with E-state index < -0.39 is 10.8 Å². The van der Waals surface area contributed by atoms with E-state index in [1.54, 1.807) is 45.4 Å². The molecule has 2 aromatic carbocycles. The number of hydrogen-bond acceptors (Lipinski definition) is 9. The molecule has 1 amide bonds. The molecule has 0 saturated heterocycles. The number of methoxy groups -OCH3 is 2. The van der Waals surface area contributed by atoms with Crippen molar-refractivity contribution in [2.75, 3.05) is 31.5 Å². The Bertz CT molecular complexity index is 1150. The maximum Gasteiger partial charge on any atom is 0.354 e. The van der Waals surface area contributed by atoms with Crippen LogP contribution in [0, 0.1) is 17.0 Å². The molecule has 172 valence electrons. The lowest BCUT2D eigenvalue weighted by Gasteiger charge is -2.12. The topological polar surface area (TPSA) is 141 Å². The summed E-state index contributed by atoms with van der Waals surface area (Å²) in [7, 11) is 3.11. The monoisotopic (exact) mass is 452 g/mol. The Morgan fingerprint density at radius 2 is 1.79 bits per heavy atom. The lowest BCUT2D eigenvalue weighted by Crippen LogP contribution is -2.31. The summed E-state index contributed by atoms with van der Waals surface area (Å²) in [5, 5.41) is 14.7. The van der Waals surface area contributed by atoms with Gasteiger partial charge in [0.15, 0.2) is 11.5 Å². The van der Waals surface area contributed by atoms with Gasteiger partial charge in [-0.05, 0) is 42.7 Å². The Kier molecular flexibility index (Phi) is 7.58. The number of ether oxygens (including phenoxy) is 2. The normalized spacial score (nSPS) is 10.3. The number of hydrazine groups is 1. The molecule has 11 heteroatoms. The van der Waals surface area contributed by atoms with Crippen LogP contribution in [0.4, 0.5) is 17.3 Å². The average Bonchev–Trinajstić information content (AvgIpc) is 2.82. The second-order valence-corrected chi connectivity index (χ2v) is 6.94. The van der Waals surface area contributed by atoms with Crippen molar-refractivity contribution in [1.82, 2.24) is 15.4 Å². The molecule has 3 aromatic rings. The number of nitrogens with one attached hydrogen (secondary N) is 3. The Morgan fingerprint density at radius 3 is 2.48 bits per heavy atom. The van der Waals surface area contributed by atoms with Crippen molar-refractivity contribution in [2.24, 2.45) is 0 Å². The number of aromatic nitrogens is 2. The number of amides is 1. The summed E-state index contributed by atoms with van der Waals surface area (Å²) >= 11 is 0. The molecule has 0 saturated carbocycles. The summed E-state index contributed by atoms with van der Waals surface area (Å²) in [5.74, 6) is 0.667. The molecule has 0 aliphatic carbocycles. The lowest BCUT2D eigenvalue weighted by atomic mass is 10.1. The van der Waals surface area contributed by atoms with Crippen LogP contribution in [0.25, 0.3) is 0 Å². The third-order valence-corrected chi connectivity index (χ3v) is 4.84. The summed E-state index contributed by atoms with van der Waals surface area (Å²) in [6, 6.07) is 12.5. The number of anilines is 2. The summed E-state index contributed by atoms with van der Waals surface area (Å²) in [6.07, 6.45) is 1.72. The molecule has 0 aliphatic heterocycles. The molecule has 0 fully saturated rings. The van der Waals surface area contributed by atoms with Gasteiger partial charge in [-0.25, -0.2) is 9.97 Å². The molecule has 0 unspecified atom stereocenters. The van der Waals surface area contributed by atoms with Gasteiger partial charge in [0.2, 0.25) is 11.6 Å². The van der Waals surface area contributed by atoms with E-state index in [2.05, 4.69) is 26.1 Å². The van der Waals surface area contributed by atoms with Crippen LogP contribution < -0.4 is 25.6 Å². The fourth-order valence-corrected chi connectivity index (χ4v) is 3.14. The van der Waals surface area contributed by atoms with E-state index in [0.29, 0.717) is 30.0 Å². The summed E-state index contributed by atoms with van der Waals surface area (Å²) in [6.45, 7) is 2.16. The van der Waals surface area contributed by atoms with Crippen LogP contribution in [0.5, 0.6) is 11.5 Å². The van der Waals surface area contributed by atoms with Crippen molar-refractivity contribution in [1.29, 1.82) is 0 Å². The Balaban J connectivity index is 1.69.